The molecular formula is C23H18N4O6. The van der Waals surface area contributed by atoms with E-state index in [1.165, 1.54) is 31.6 Å². The summed E-state index contributed by atoms with van der Waals surface area (Å²) < 4.78 is 15.2. The van der Waals surface area contributed by atoms with Crippen LogP contribution in [0, 0.1) is 0 Å². The molecular weight excluding hydrogens is 428 g/mol. The summed E-state index contributed by atoms with van der Waals surface area (Å²) in [5.41, 5.74) is 0.0642. The number of rotatable bonds is 6. The standard InChI is InChI=1S/C12H10N2O3.C11H8N2O3/c1-16-11(15)10-7-8-13-12(14-10)17-9-5-3-2-4-6-9;14-10(15)9-6-7-12-11(13-9)16-8-4-2-1-3-5-8/h2-8H,1H3;1-7H,(H,14,15). The van der Waals surface area contributed by atoms with E-state index in [1.807, 2.05) is 24.3 Å². The molecule has 2 aromatic heterocycles. The molecule has 0 aliphatic heterocycles. The van der Waals surface area contributed by atoms with Crippen molar-refractivity contribution in [1.29, 1.82) is 0 Å². The number of hydrogen-bond donors (Lipinski definition) is 1. The Labute approximate surface area is 188 Å². The maximum Gasteiger partial charge on any atom is 0.356 e. The number of para-hydroxylation sites is 2. The second kappa shape index (κ2) is 11.5. The van der Waals surface area contributed by atoms with Crippen molar-refractivity contribution in [3.8, 4) is 23.5 Å². The summed E-state index contributed by atoms with van der Waals surface area (Å²) in [6.07, 6.45) is 2.78. The fourth-order valence-corrected chi connectivity index (χ4v) is 2.31. The molecule has 33 heavy (non-hydrogen) atoms. The Morgan fingerprint density at radius 1 is 0.697 bits per heavy atom. The number of carboxylic acid groups (broad SMARTS) is 1. The van der Waals surface area contributed by atoms with Crippen molar-refractivity contribution in [3.63, 3.8) is 0 Å². The minimum Gasteiger partial charge on any atom is -0.477 e. The molecule has 2 heterocycles. The lowest BCUT2D eigenvalue weighted by Crippen LogP contribution is -2.05. The van der Waals surface area contributed by atoms with Gasteiger partial charge in [-0.25, -0.2) is 19.6 Å². The zero-order chi connectivity index (χ0) is 23.5. The van der Waals surface area contributed by atoms with Crippen LogP contribution in [0.1, 0.15) is 21.0 Å². The third kappa shape index (κ3) is 7.10. The zero-order valence-electron chi connectivity index (χ0n) is 17.4. The second-order valence-electron chi connectivity index (χ2n) is 6.08. The molecule has 4 aromatic rings. The Balaban J connectivity index is 0.000000186. The van der Waals surface area contributed by atoms with Crippen LogP contribution in [-0.4, -0.2) is 44.1 Å². The van der Waals surface area contributed by atoms with Gasteiger partial charge >= 0.3 is 24.0 Å². The zero-order valence-corrected chi connectivity index (χ0v) is 17.4. The predicted octanol–water partition coefficient (Wildman–Crippen LogP) is 4.02. The number of methoxy groups -OCH3 is 1. The van der Waals surface area contributed by atoms with Gasteiger partial charge in [-0.3, -0.25) is 0 Å². The lowest BCUT2D eigenvalue weighted by atomic mass is 10.3. The summed E-state index contributed by atoms with van der Waals surface area (Å²) in [5, 5.41) is 8.73. The molecule has 10 heteroatoms. The van der Waals surface area contributed by atoms with Crippen LogP contribution in [0.2, 0.25) is 0 Å². The fourth-order valence-electron chi connectivity index (χ4n) is 2.31. The van der Waals surface area contributed by atoms with Crippen molar-refractivity contribution in [3.05, 3.63) is 96.6 Å². The van der Waals surface area contributed by atoms with Gasteiger partial charge in [0.2, 0.25) is 0 Å². The third-order valence-electron chi connectivity index (χ3n) is 3.79. The molecule has 4 rings (SSSR count). The van der Waals surface area contributed by atoms with E-state index in [9.17, 15) is 9.59 Å². The quantitative estimate of drug-likeness (QED) is 0.433. The van der Waals surface area contributed by atoms with E-state index in [0.29, 0.717) is 11.5 Å². The van der Waals surface area contributed by atoms with Gasteiger partial charge in [-0.15, -0.1) is 0 Å². The fraction of sp³-hybridized carbons (Fsp3) is 0.0435. The molecule has 0 aliphatic carbocycles. The van der Waals surface area contributed by atoms with E-state index in [0.717, 1.165) is 0 Å². The molecule has 0 aliphatic rings. The molecule has 0 unspecified atom stereocenters. The third-order valence-corrected chi connectivity index (χ3v) is 3.79. The molecule has 0 spiro atoms. The molecule has 0 fully saturated rings. The second-order valence-corrected chi connectivity index (χ2v) is 6.08. The summed E-state index contributed by atoms with van der Waals surface area (Å²) in [4.78, 5) is 37.3. The van der Waals surface area contributed by atoms with E-state index in [4.69, 9.17) is 14.6 Å². The SMILES string of the molecule is COC(=O)c1ccnc(Oc2ccccc2)n1.O=C(O)c1ccnc(Oc2ccccc2)n1. The van der Waals surface area contributed by atoms with E-state index in [2.05, 4.69) is 24.7 Å². The van der Waals surface area contributed by atoms with Crippen molar-refractivity contribution in [2.24, 2.45) is 0 Å². The highest BCUT2D eigenvalue weighted by molar-refractivity contribution is 5.87. The lowest BCUT2D eigenvalue weighted by Gasteiger charge is -2.04. The lowest BCUT2D eigenvalue weighted by molar-refractivity contribution is 0.0592. The maximum atomic E-state index is 11.3. The van der Waals surface area contributed by atoms with E-state index in [-0.39, 0.29) is 23.4 Å². The molecule has 0 amide bonds. The average Bonchev–Trinajstić information content (AvgIpc) is 2.85. The Morgan fingerprint density at radius 3 is 1.61 bits per heavy atom. The predicted molar refractivity (Wildman–Crippen MR) is 115 cm³/mol. The van der Waals surface area contributed by atoms with Crippen LogP contribution in [0.25, 0.3) is 0 Å². The summed E-state index contributed by atoms with van der Waals surface area (Å²) in [5.74, 6) is -0.467. The number of aromatic carboxylic acids is 1. The first-order valence-electron chi connectivity index (χ1n) is 9.48. The van der Waals surface area contributed by atoms with Gasteiger partial charge in [0.1, 0.15) is 11.5 Å². The summed E-state index contributed by atoms with van der Waals surface area (Å²) in [6, 6.07) is 20.9. The Bertz CT molecular complexity index is 1210. The number of benzene rings is 2. The van der Waals surface area contributed by atoms with Crippen LogP contribution in [0.4, 0.5) is 0 Å². The number of nitrogens with zero attached hydrogens (tertiary/aromatic N) is 4. The molecule has 0 radical (unpaired) electrons. The van der Waals surface area contributed by atoms with Crippen molar-refractivity contribution in [1.82, 2.24) is 19.9 Å². The van der Waals surface area contributed by atoms with Crippen LogP contribution in [0.5, 0.6) is 23.5 Å². The molecule has 0 saturated carbocycles. The van der Waals surface area contributed by atoms with Gasteiger partial charge in [0.15, 0.2) is 11.4 Å². The molecule has 2 aromatic carbocycles. The first-order chi connectivity index (χ1) is 16.0. The van der Waals surface area contributed by atoms with Gasteiger partial charge in [-0.1, -0.05) is 36.4 Å². The van der Waals surface area contributed by atoms with Crippen LogP contribution < -0.4 is 9.47 Å². The van der Waals surface area contributed by atoms with Crippen LogP contribution in [-0.2, 0) is 4.74 Å². The summed E-state index contributed by atoms with van der Waals surface area (Å²) in [7, 11) is 1.29. The van der Waals surface area contributed by atoms with Gasteiger partial charge < -0.3 is 19.3 Å². The van der Waals surface area contributed by atoms with E-state index in [1.54, 1.807) is 36.4 Å². The van der Waals surface area contributed by atoms with Crippen molar-refractivity contribution < 1.29 is 28.9 Å². The van der Waals surface area contributed by atoms with Gasteiger partial charge in [-0.2, -0.15) is 9.97 Å². The number of carbonyl (C=O) groups is 2. The Hall–Kier alpha value is -4.86. The summed E-state index contributed by atoms with van der Waals surface area (Å²) >= 11 is 0. The molecule has 1 N–H and O–H groups in total. The Kier molecular flexibility index (Phi) is 7.96. The molecule has 0 saturated heterocycles. The van der Waals surface area contributed by atoms with Crippen molar-refractivity contribution in [2.45, 2.75) is 0 Å². The highest BCUT2D eigenvalue weighted by Gasteiger charge is 2.09. The highest BCUT2D eigenvalue weighted by Crippen LogP contribution is 2.17. The first kappa shape index (κ1) is 22.8. The monoisotopic (exact) mass is 446 g/mol. The largest absolute Gasteiger partial charge is 0.477 e. The normalized spacial score (nSPS) is 9.73. The number of esters is 1. The van der Waals surface area contributed by atoms with Gasteiger partial charge in [0.05, 0.1) is 7.11 Å². The Morgan fingerprint density at radius 2 is 1.15 bits per heavy atom. The number of aromatic nitrogens is 4. The highest BCUT2D eigenvalue weighted by atomic mass is 16.5. The van der Waals surface area contributed by atoms with Crippen molar-refractivity contribution in [2.75, 3.05) is 7.11 Å². The summed E-state index contributed by atoms with van der Waals surface area (Å²) in [6.45, 7) is 0. The topological polar surface area (TPSA) is 134 Å². The molecule has 0 atom stereocenters. The minimum absolute atomic E-state index is 0.0195. The number of ether oxygens (including phenoxy) is 3. The van der Waals surface area contributed by atoms with Crippen LogP contribution >= 0.6 is 0 Å². The molecule has 10 nitrogen and oxygen atoms in total. The number of hydrogen-bond acceptors (Lipinski definition) is 9. The average molecular weight is 446 g/mol. The minimum atomic E-state index is -1.11. The number of carboxylic acids is 1. The maximum absolute atomic E-state index is 11.3. The number of carbonyl (C=O) groups excluding carboxylic acids is 1. The van der Waals surface area contributed by atoms with Crippen LogP contribution in [0.15, 0.2) is 85.2 Å². The van der Waals surface area contributed by atoms with Gasteiger partial charge in [0.25, 0.3) is 0 Å². The van der Waals surface area contributed by atoms with Gasteiger partial charge in [-0.05, 0) is 36.4 Å². The van der Waals surface area contributed by atoms with E-state index < -0.39 is 11.9 Å². The molecule has 0 bridgehead atoms. The van der Waals surface area contributed by atoms with Crippen molar-refractivity contribution >= 4 is 11.9 Å². The molecule has 166 valence electrons. The van der Waals surface area contributed by atoms with Crippen LogP contribution in [0.3, 0.4) is 0 Å². The van der Waals surface area contributed by atoms with Gasteiger partial charge in [0, 0.05) is 12.4 Å². The smallest absolute Gasteiger partial charge is 0.356 e. The van der Waals surface area contributed by atoms with E-state index >= 15 is 0 Å². The first-order valence-corrected chi connectivity index (χ1v) is 9.48.